The zero-order chi connectivity index (χ0) is 9.84. The molecule has 0 bridgehead atoms. The maximum atomic E-state index is 13.3. The summed E-state index contributed by atoms with van der Waals surface area (Å²) in [6, 6.07) is 4.43. The van der Waals surface area contributed by atoms with Gasteiger partial charge in [0.05, 0.1) is 0 Å². The fourth-order valence-corrected chi connectivity index (χ4v) is 1.37. The number of halogens is 2. The second-order valence-corrected chi connectivity index (χ2v) is 3.23. The van der Waals surface area contributed by atoms with Gasteiger partial charge in [0.1, 0.15) is 5.82 Å². The standard InChI is InChI=1S/C9H12ClFN2/c1-2-9(13-12)7-4-3-6(10)5-8(7)11/h3-5,9,13H,2,12H2,1H3. The van der Waals surface area contributed by atoms with E-state index in [0.717, 1.165) is 6.42 Å². The molecule has 1 aromatic rings. The van der Waals surface area contributed by atoms with Crippen molar-refractivity contribution in [2.45, 2.75) is 19.4 Å². The van der Waals surface area contributed by atoms with Crippen LogP contribution in [-0.4, -0.2) is 0 Å². The highest BCUT2D eigenvalue weighted by molar-refractivity contribution is 6.30. The predicted octanol–water partition coefficient (Wildman–Crippen LogP) is 2.39. The van der Waals surface area contributed by atoms with Crippen LogP contribution in [0.5, 0.6) is 0 Å². The van der Waals surface area contributed by atoms with Gasteiger partial charge in [-0.05, 0) is 18.6 Å². The van der Waals surface area contributed by atoms with Crippen LogP contribution in [0.25, 0.3) is 0 Å². The molecule has 0 fully saturated rings. The molecule has 1 aromatic carbocycles. The van der Waals surface area contributed by atoms with Crippen molar-refractivity contribution in [3.05, 3.63) is 34.6 Å². The molecule has 1 atom stereocenters. The molecule has 3 N–H and O–H groups in total. The fourth-order valence-electron chi connectivity index (χ4n) is 1.21. The summed E-state index contributed by atoms with van der Waals surface area (Å²) < 4.78 is 13.3. The lowest BCUT2D eigenvalue weighted by atomic mass is 10.0. The molecule has 0 saturated heterocycles. The molecule has 1 unspecified atom stereocenters. The van der Waals surface area contributed by atoms with Crippen LogP contribution in [0, 0.1) is 5.82 Å². The van der Waals surface area contributed by atoms with Gasteiger partial charge in [-0.15, -0.1) is 0 Å². The van der Waals surface area contributed by atoms with E-state index in [1.165, 1.54) is 6.07 Å². The summed E-state index contributed by atoms with van der Waals surface area (Å²) in [5.41, 5.74) is 3.10. The van der Waals surface area contributed by atoms with Crippen molar-refractivity contribution in [3.63, 3.8) is 0 Å². The van der Waals surface area contributed by atoms with Crippen molar-refractivity contribution in [1.82, 2.24) is 5.43 Å². The van der Waals surface area contributed by atoms with Gasteiger partial charge in [0, 0.05) is 16.6 Å². The first-order chi connectivity index (χ1) is 6.19. The van der Waals surface area contributed by atoms with Crippen LogP contribution in [0.15, 0.2) is 18.2 Å². The van der Waals surface area contributed by atoms with Gasteiger partial charge in [-0.2, -0.15) is 0 Å². The van der Waals surface area contributed by atoms with Crippen LogP contribution in [0.3, 0.4) is 0 Å². The summed E-state index contributed by atoms with van der Waals surface area (Å²) in [7, 11) is 0. The molecule has 0 saturated carbocycles. The molecule has 0 heterocycles. The Bertz CT molecular complexity index is 287. The highest BCUT2D eigenvalue weighted by Crippen LogP contribution is 2.22. The van der Waals surface area contributed by atoms with Gasteiger partial charge in [0.15, 0.2) is 0 Å². The first-order valence-corrected chi connectivity index (χ1v) is 4.48. The van der Waals surface area contributed by atoms with Crippen molar-refractivity contribution >= 4 is 11.6 Å². The van der Waals surface area contributed by atoms with E-state index in [2.05, 4.69) is 5.43 Å². The van der Waals surface area contributed by atoms with Crippen LogP contribution in [0.4, 0.5) is 4.39 Å². The number of rotatable bonds is 3. The lowest BCUT2D eigenvalue weighted by Gasteiger charge is -2.14. The van der Waals surface area contributed by atoms with Gasteiger partial charge in [0.2, 0.25) is 0 Å². The molecular weight excluding hydrogens is 191 g/mol. The number of hydrogen-bond acceptors (Lipinski definition) is 2. The second kappa shape index (κ2) is 4.56. The fraction of sp³-hybridized carbons (Fsp3) is 0.333. The van der Waals surface area contributed by atoms with Crippen molar-refractivity contribution in [3.8, 4) is 0 Å². The summed E-state index contributed by atoms with van der Waals surface area (Å²) in [5, 5.41) is 0.396. The maximum absolute atomic E-state index is 13.3. The van der Waals surface area contributed by atoms with Crippen LogP contribution >= 0.6 is 11.6 Å². The minimum absolute atomic E-state index is 0.155. The Labute approximate surface area is 81.9 Å². The van der Waals surface area contributed by atoms with E-state index in [1.54, 1.807) is 12.1 Å². The lowest BCUT2D eigenvalue weighted by molar-refractivity contribution is 0.501. The SMILES string of the molecule is CCC(NN)c1ccc(Cl)cc1F. The molecule has 1 rings (SSSR count). The first-order valence-electron chi connectivity index (χ1n) is 4.10. The molecule has 4 heteroatoms. The highest BCUT2D eigenvalue weighted by Gasteiger charge is 2.11. The molecule has 0 aliphatic heterocycles. The van der Waals surface area contributed by atoms with Crippen molar-refractivity contribution in [1.29, 1.82) is 0 Å². The Balaban J connectivity index is 2.99. The third-order valence-corrected chi connectivity index (χ3v) is 2.18. The van der Waals surface area contributed by atoms with Gasteiger partial charge < -0.3 is 0 Å². The number of hydrogen-bond donors (Lipinski definition) is 2. The summed E-state index contributed by atoms with van der Waals surface area (Å²) in [4.78, 5) is 0. The van der Waals surface area contributed by atoms with Crippen molar-refractivity contribution in [2.75, 3.05) is 0 Å². The number of benzene rings is 1. The van der Waals surface area contributed by atoms with Crippen LogP contribution < -0.4 is 11.3 Å². The molecule has 0 aliphatic carbocycles. The summed E-state index contributed by atoms with van der Waals surface area (Å²) >= 11 is 5.62. The Kier molecular flexibility index (Phi) is 3.66. The van der Waals surface area contributed by atoms with E-state index in [-0.39, 0.29) is 11.9 Å². The van der Waals surface area contributed by atoms with Gasteiger partial charge >= 0.3 is 0 Å². The zero-order valence-electron chi connectivity index (χ0n) is 7.35. The molecule has 0 amide bonds. The summed E-state index contributed by atoms with van der Waals surface area (Å²) in [5.74, 6) is 4.95. The van der Waals surface area contributed by atoms with Gasteiger partial charge in [-0.3, -0.25) is 11.3 Å². The largest absolute Gasteiger partial charge is 0.271 e. The van der Waals surface area contributed by atoms with Gasteiger partial charge in [0.25, 0.3) is 0 Å². The van der Waals surface area contributed by atoms with E-state index >= 15 is 0 Å². The Morgan fingerprint density at radius 2 is 2.31 bits per heavy atom. The molecule has 0 aliphatic rings. The highest BCUT2D eigenvalue weighted by atomic mass is 35.5. The van der Waals surface area contributed by atoms with Crippen LogP contribution in [-0.2, 0) is 0 Å². The number of nitrogens with one attached hydrogen (secondary N) is 1. The topological polar surface area (TPSA) is 38.0 Å². The van der Waals surface area contributed by atoms with E-state index < -0.39 is 0 Å². The Hall–Kier alpha value is -0.640. The van der Waals surface area contributed by atoms with Crippen molar-refractivity contribution < 1.29 is 4.39 Å². The predicted molar refractivity (Wildman–Crippen MR) is 51.8 cm³/mol. The number of nitrogens with two attached hydrogens (primary N) is 1. The summed E-state index contributed by atoms with van der Waals surface area (Å²) in [6.07, 6.45) is 0.731. The molecule has 0 aromatic heterocycles. The Morgan fingerprint density at radius 3 is 2.77 bits per heavy atom. The quantitative estimate of drug-likeness (QED) is 0.584. The molecule has 0 radical (unpaired) electrons. The van der Waals surface area contributed by atoms with E-state index in [0.29, 0.717) is 10.6 Å². The average Bonchev–Trinajstić information content (AvgIpc) is 2.10. The second-order valence-electron chi connectivity index (χ2n) is 2.79. The minimum atomic E-state index is -0.322. The molecular formula is C9H12ClFN2. The third-order valence-electron chi connectivity index (χ3n) is 1.95. The van der Waals surface area contributed by atoms with Gasteiger partial charge in [-0.25, -0.2) is 4.39 Å². The molecule has 72 valence electrons. The van der Waals surface area contributed by atoms with E-state index in [4.69, 9.17) is 17.4 Å². The molecule has 13 heavy (non-hydrogen) atoms. The average molecular weight is 203 g/mol. The smallest absolute Gasteiger partial charge is 0.129 e. The molecule has 2 nitrogen and oxygen atoms in total. The maximum Gasteiger partial charge on any atom is 0.129 e. The van der Waals surface area contributed by atoms with Crippen LogP contribution in [0.2, 0.25) is 5.02 Å². The van der Waals surface area contributed by atoms with Gasteiger partial charge in [-0.1, -0.05) is 24.6 Å². The van der Waals surface area contributed by atoms with E-state index in [1.807, 2.05) is 6.92 Å². The van der Waals surface area contributed by atoms with Crippen LogP contribution in [0.1, 0.15) is 24.9 Å². The minimum Gasteiger partial charge on any atom is -0.271 e. The zero-order valence-corrected chi connectivity index (χ0v) is 8.11. The van der Waals surface area contributed by atoms with E-state index in [9.17, 15) is 4.39 Å². The number of hydrazine groups is 1. The monoisotopic (exact) mass is 202 g/mol. The first kappa shape index (κ1) is 10.4. The third kappa shape index (κ3) is 2.40. The summed E-state index contributed by atoms with van der Waals surface area (Å²) in [6.45, 7) is 1.93. The Morgan fingerprint density at radius 1 is 1.62 bits per heavy atom. The lowest BCUT2D eigenvalue weighted by Crippen LogP contribution is -2.28. The van der Waals surface area contributed by atoms with Crippen molar-refractivity contribution in [2.24, 2.45) is 5.84 Å². The normalized spacial score (nSPS) is 12.9. The molecule has 0 spiro atoms.